The molecule has 0 bridgehead atoms. The van der Waals surface area contributed by atoms with Gasteiger partial charge in [0, 0.05) is 29.3 Å². The number of fused-ring (bicyclic) bond motifs is 1. The second-order valence-electron chi connectivity index (χ2n) is 6.87. The normalized spacial score (nSPS) is 11.4. The molecule has 27 heavy (non-hydrogen) atoms. The molecule has 7 heteroatoms. The maximum atomic E-state index is 13.3. The number of benzene rings is 1. The van der Waals surface area contributed by atoms with Crippen LogP contribution in [0.1, 0.15) is 43.3 Å². The molecular weight excluding hydrogens is 365 g/mol. The van der Waals surface area contributed by atoms with E-state index < -0.39 is 0 Å². The minimum atomic E-state index is -0.387. The quantitative estimate of drug-likeness (QED) is 0.695. The van der Waals surface area contributed by atoms with E-state index >= 15 is 0 Å². The van der Waals surface area contributed by atoms with E-state index in [1.807, 2.05) is 20.8 Å². The van der Waals surface area contributed by atoms with Crippen LogP contribution in [0.5, 0.6) is 0 Å². The maximum absolute atomic E-state index is 13.3. The fraction of sp³-hybridized carbons (Fsp3) is 0.350. The van der Waals surface area contributed by atoms with Crippen molar-refractivity contribution < 1.29 is 9.18 Å². The molecule has 0 aliphatic rings. The minimum Gasteiger partial charge on any atom is -0.370 e. The number of nitrogens with two attached hydrogens (primary N) is 1. The zero-order chi connectivity index (χ0) is 19.7. The van der Waals surface area contributed by atoms with Crippen molar-refractivity contribution in [3.63, 3.8) is 0 Å². The Balaban J connectivity index is 2.22. The van der Waals surface area contributed by atoms with Gasteiger partial charge in [0.25, 0.3) is 5.56 Å². The molecule has 3 rings (SSSR count). The van der Waals surface area contributed by atoms with Gasteiger partial charge < -0.3 is 5.73 Å². The van der Waals surface area contributed by atoms with Crippen LogP contribution in [0.15, 0.2) is 29.1 Å². The number of halogens is 1. The summed E-state index contributed by atoms with van der Waals surface area (Å²) in [4.78, 5) is 30.8. The average Bonchev–Trinajstić information content (AvgIpc) is 2.93. The molecule has 142 valence electrons. The molecule has 1 amide bonds. The highest BCUT2D eigenvalue weighted by atomic mass is 32.1. The topological polar surface area (TPSA) is 78.0 Å². The van der Waals surface area contributed by atoms with Crippen molar-refractivity contribution in [2.24, 2.45) is 5.73 Å². The highest BCUT2D eigenvalue weighted by molar-refractivity contribution is 7.19. The van der Waals surface area contributed by atoms with Crippen molar-refractivity contribution in [3.05, 3.63) is 51.1 Å². The van der Waals surface area contributed by atoms with Crippen LogP contribution in [0, 0.1) is 12.7 Å². The zero-order valence-corrected chi connectivity index (χ0v) is 16.4. The van der Waals surface area contributed by atoms with E-state index in [1.165, 1.54) is 23.5 Å². The van der Waals surface area contributed by atoms with E-state index in [0.717, 1.165) is 16.0 Å². The standard InChI is InChI=1S/C20H22FN3O2S/c1-11(2)18-23-19-17(20(26)24(18)10-4-5-15(22)25)16(12(3)27-19)13-6-8-14(21)9-7-13/h6-9,11H,4-5,10H2,1-3H3,(H2,22,25). The monoisotopic (exact) mass is 387 g/mol. The van der Waals surface area contributed by atoms with Gasteiger partial charge in [-0.05, 0) is 31.0 Å². The summed E-state index contributed by atoms with van der Waals surface area (Å²) in [5.74, 6) is 0.0535. The molecule has 2 aromatic heterocycles. The first-order valence-corrected chi connectivity index (χ1v) is 9.69. The van der Waals surface area contributed by atoms with Crippen LogP contribution in [-0.2, 0) is 11.3 Å². The Labute approximate surface area is 160 Å². The van der Waals surface area contributed by atoms with Gasteiger partial charge in [-0.1, -0.05) is 26.0 Å². The third kappa shape index (κ3) is 3.78. The minimum absolute atomic E-state index is 0.0624. The number of nitrogens with zero attached hydrogens (tertiary/aromatic N) is 2. The molecule has 2 heterocycles. The smallest absolute Gasteiger partial charge is 0.262 e. The summed E-state index contributed by atoms with van der Waals surface area (Å²) in [5.41, 5.74) is 6.69. The van der Waals surface area contributed by atoms with Gasteiger partial charge >= 0.3 is 0 Å². The van der Waals surface area contributed by atoms with E-state index in [1.54, 1.807) is 16.7 Å². The molecule has 0 aliphatic heterocycles. The lowest BCUT2D eigenvalue weighted by Crippen LogP contribution is -2.26. The number of thiophene rings is 1. The second kappa shape index (κ2) is 7.60. The van der Waals surface area contributed by atoms with E-state index in [0.29, 0.717) is 29.0 Å². The predicted molar refractivity (Wildman–Crippen MR) is 107 cm³/mol. The lowest BCUT2D eigenvalue weighted by Gasteiger charge is -2.15. The number of rotatable bonds is 6. The Morgan fingerprint density at radius 3 is 2.56 bits per heavy atom. The Morgan fingerprint density at radius 1 is 1.30 bits per heavy atom. The molecule has 0 radical (unpaired) electrons. The van der Waals surface area contributed by atoms with E-state index in [4.69, 9.17) is 10.7 Å². The first kappa shape index (κ1) is 19.2. The van der Waals surface area contributed by atoms with Crippen molar-refractivity contribution in [2.45, 2.75) is 46.1 Å². The summed E-state index contributed by atoms with van der Waals surface area (Å²) in [7, 11) is 0. The van der Waals surface area contributed by atoms with Gasteiger partial charge in [-0.15, -0.1) is 11.3 Å². The molecule has 0 aliphatic carbocycles. The fourth-order valence-corrected chi connectivity index (χ4v) is 4.29. The number of aryl methyl sites for hydroxylation is 1. The number of carbonyl (C=O) groups excluding carboxylic acids is 1. The Bertz CT molecular complexity index is 1050. The summed E-state index contributed by atoms with van der Waals surface area (Å²) >= 11 is 1.47. The van der Waals surface area contributed by atoms with Gasteiger partial charge in [0.05, 0.1) is 5.39 Å². The Morgan fingerprint density at radius 2 is 1.96 bits per heavy atom. The van der Waals surface area contributed by atoms with Crippen LogP contribution < -0.4 is 11.3 Å². The van der Waals surface area contributed by atoms with Crippen LogP contribution in [0.3, 0.4) is 0 Å². The Kier molecular flexibility index (Phi) is 5.41. The molecule has 0 saturated heterocycles. The first-order chi connectivity index (χ1) is 12.8. The summed E-state index contributed by atoms with van der Waals surface area (Å²) in [6, 6.07) is 6.13. The third-order valence-electron chi connectivity index (χ3n) is 4.47. The number of hydrogen-bond donors (Lipinski definition) is 1. The van der Waals surface area contributed by atoms with Gasteiger partial charge in [-0.3, -0.25) is 14.2 Å². The number of primary amides is 1. The van der Waals surface area contributed by atoms with Crippen LogP contribution in [0.25, 0.3) is 21.3 Å². The van der Waals surface area contributed by atoms with Crippen molar-refractivity contribution in [1.29, 1.82) is 0 Å². The van der Waals surface area contributed by atoms with Crippen LogP contribution >= 0.6 is 11.3 Å². The molecule has 3 aromatic rings. The average molecular weight is 387 g/mol. The molecule has 5 nitrogen and oxygen atoms in total. The second-order valence-corrected chi connectivity index (χ2v) is 8.07. The summed E-state index contributed by atoms with van der Waals surface area (Å²) in [5, 5.41) is 0.549. The van der Waals surface area contributed by atoms with Gasteiger partial charge in [-0.2, -0.15) is 0 Å². The number of hydrogen-bond acceptors (Lipinski definition) is 4. The highest BCUT2D eigenvalue weighted by Gasteiger charge is 2.21. The van der Waals surface area contributed by atoms with Gasteiger partial charge in [0.15, 0.2) is 0 Å². The predicted octanol–water partition coefficient (Wildman–Crippen LogP) is 3.96. The first-order valence-electron chi connectivity index (χ1n) is 8.87. The van der Waals surface area contributed by atoms with Crippen molar-refractivity contribution in [1.82, 2.24) is 9.55 Å². The summed E-state index contributed by atoms with van der Waals surface area (Å²) in [6.07, 6.45) is 0.701. The molecule has 0 saturated carbocycles. The van der Waals surface area contributed by atoms with Crippen molar-refractivity contribution in [3.8, 4) is 11.1 Å². The van der Waals surface area contributed by atoms with E-state index in [9.17, 15) is 14.0 Å². The van der Waals surface area contributed by atoms with Gasteiger partial charge in [0.1, 0.15) is 16.5 Å². The highest BCUT2D eigenvalue weighted by Crippen LogP contribution is 2.36. The molecule has 1 aromatic carbocycles. The largest absolute Gasteiger partial charge is 0.370 e. The summed E-state index contributed by atoms with van der Waals surface area (Å²) < 4.78 is 15.0. The SMILES string of the molecule is Cc1sc2nc(C(C)C)n(CCCC(N)=O)c(=O)c2c1-c1ccc(F)cc1. The number of amides is 1. The zero-order valence-electron chi connectivity index (χ0n) is 15.6. The molecule has 0 atom stereocenters. The van der Waals surface area contributed by atoms with Crippen LogP contribution in [0.2, 0.25) is 0 Å². The van der Waals surface area contributed by atoms with Crippen LogP contribution in [0.4, 0.5) is 4.39 Å². The Hall–Kier alpha value is -2.54. The third-order valence-corrected chi connectivity index (χ3v) is 5.47. The van der Waals surface area contributed by atoms with Gasteiger partial charge in [0.2, 0.25) is 5.91 Å². The lowest BCUT2D eigenvalue weighted by molar-refractivity contribution is -0.118. The molecule has 2 N–H and O–H groups in total. The molecular formula is C20H22FN3O2S. The van der Waals surface area contributed by atoms with Crippen molar-refractivity contribution >= 4 is 27.5 Å². The summed E-state index contributed by atoms with van der Waals surface area (Å²) in [6.45, 7) is 6.30. The van der Waals surface area contributed by atoms with Crippen molar-refractivity contribution in [2.75, 3.05) is 0 Å². The van der Waals surface area contributed by atoms with E-state index in [2.05, 4.69) is 0 Å². The molecule has 0 fully saturated rings. The number of carbonyl (C=O) groups is 1. The lowest BCUT2D eigenvalue weighted by atomic mass is 10.0. The van der Waals surface area contributed by atoms with Gasteiger partial charge in [-0.25, -0.2) is 9.37 Å². The molecule has 0 unspecified atom stereocenters. The van der Waals surface area contributed by atoms with E-state index in [-0.39, 0.29) is 29.6 Å². The van der Waals surface area contributed by atoms with Crippen LogP contribution in [-0.4, -0.2) is 15.5 Å². The maximum Gasteiger partial charge on any atom is 0.262 e. The fourth-order valence-electron chi connectivity index (χ4n) is 3.24. The molecule has 0 spiro atoms. The number of aromatic nitrogens is 2.